The van der Waals surface area contributed by atoms with Crippen LogP contribution in [0, 0.1) is 0 Å². The molecule has 1 rings (SSSR count). The van der Waals surface area contributed by atoms with E-state index in [0.29, 0.717) is 24.5 Å². The van der Waals surface area contributed by atoms with E-state index in [1.807, 2.05) is 0 Å². The van der Waals surface area contributed by atoms with E-state index in [0.717, 1.165) is 5.69 Å². The topological polar surface area (TPSA) is 89.2 Å². The number of anilines is 1. The predicted octanol–water partition coefficient (Wildman–Crippen LogP) is 1.53. The van der Waals surface area contributed by atoms with E-state index in [4.69, 9.17) is 15.2 Å². The molecule has 1 amide bonds. The molecule has 0 unspecified atom stereocenters. The highest BCUT2D eigenvalue weighted by molar-refractivity contribution is 14.0. The summed E-state index contributed by atoms with van der Waals surface area (Å²) in [6.07, 6.45) is 0.321. The molecule has 8 heteroatoms. The monoisotopic (exact) mass is 422 g/mol. The third kappa shape index (κ3) is 6.37. The molecule has 1 aromatic carbocycles. The van der Waals surface area contributed by atoms with Crippen LogP contribution in [-0.4, -0.2) is 51.6 Å². The number of rotatable bonds is 6. The number of hydrogen-bond donors (Lipinski definition) is 2. The second-order valence-corrected chi connectivity index (χ2v) is 4.50. The molecule has 0 spiro atoms. The average molecular weight is 422 g/mol. The van der Waals surface area contributed by atoms with Gasteiger partial charge in [0.2, 0.25) is 5.91 Å². The molecule has 124 valence electrons. The number of nitrogens with two attached hydrogens (primary N) is 1. The van der Waals surface area contributed by atoms with Crippen molar-refractivity contribution in [2.24, 2.45) is 10.7 Å². The quantitative estimate of drug-likeness (QED) is 0.413. The summed E-state index contributed by atoms with van der Waals surface area (Å²) < 4.78 is 10.4. The number of aliphatic imine (C=N–C) groups is 1. The number of carbonyl (C=O) groups is 1. The van der Waals surface area contributed by atoms with Crippen LogP contribution in [0.3, 0.4) is 0 Å². The fourth-order valence-electron chi connectivity index (χ4n) is 1.60. The second kappa shape index (κ2) is 10.1. The van der Waals surface area contributed by atoms with E-state index in [1.165, 1.54) is 4.90 Å². The van der Waals surface area contributed by atoms with Crippen LogP contribution in [0.2, 0.25) is 0 Å². The lowest BCUT2D eigenvalue weighted by Crippen LogP contribution is -2.25. The van der Waals surface area contributed by atoms with Gasteiger partial charge < -0.3 is 25.4 Å². The minimum atomic E-state index is 0. The molecular weight excluding hydrogens is 399 g/mol. The first-order chi connectivity index (χ1) is 9.97. The van der Waals surface area contributed by atoms with Crippen LogP contribution in [0.1, 0.15) is 6.42 Å². The van der Waals surface area contributed by atoms with Crippen molar-refractivity contribution in [3.63, 3.8) is 0 Å². The molecular formula is C14H23IN4O3. The molecule has 0 saturated heterocycles. The van der Waals surface area contributed by atoms with Crippen LogP contribution < -0.4 is 20.5 Å². The fraction of sp³-hybridized carbons (Fsp3) is 0.429. The number of halogens is 1. The Balaban J connectivity index is 0.00000441. The molecule has 0 fully saturated rings. The smallest absolute Gasteiger partial charge is 0.223 e. The summed E-state index contributed by atoms with van der Waals surface area (Å²) in [5, 5.41) is 2.94. The van der Waals surface area contributed by atoms with E-state index in [2.05, 4.69) is 10.3 Å². The van der Waals surface area contributed by atoms with Crippen molar-refractivity contribution >= 4 is 41.5 Å². The van der Waals surface area contributed by atoms with Crippen molar-refractivity contribution in [2.75, 3.05) is 40.2 Å². The normalized spacial score (nSPS) is 10.5. The zero-order chi connectivity index (χ0) is 15.8. The molecule has 0 radical (unpaired) electrons. The number of benzene rings is 1. The highest BCUT2D eigenvalue weighted by Gasteiger charge is 2.06. The Kier molecular flexibility index (Phi) is 9.31. The number of carbonyl (C=O) groups excluding carboxylic acids is 1. The lowest BCUT2D eigenvalue weighted by atomic mass is 10.3. The van der Waals surface area contributed by atoms with Crippen molar-refractivity contribution in [3.05, 3.63) is 18.2 Å². The lowest BCUT2D eigenvalue weighted by Gasteiger charge is -2.11. The van der Waals surface area contributed by atoms with Crippen LogP contribution in [0.5, 0.6) is 11.5 Å². The standard InChI is InChI=1S/C14H22N4O3.HI/c1-18(2)13(19)7-8-16-14(15)17-10-5-6-11(20-3)12(9-10)21-4;/h5-6,9H,7-8H2,1-4H3,(H3,15,16,17);1H. The SMILES string of the molecule is COc1ccc(NC(N)=NCCC(=O)N(C)C)cc1OC.I. The summed E-state index contributed by atoms with van der Waals surface area (Å²) in [5.74, 6) is 1.49. The van der Waals surface area contributed by atoms with Gasteiger partial charge in [-0.3, -0.25) is 9.79 Å². The van der Waals surface area contributed by atoms with Crippen LogP contribution in [0.25, 0.3) is 0 Å². The number of methoxy groups -OCH3 is 2. The van der Waals surface area contributed by atoms with Crippen molar-refractivity contribution in [1.29, 1.82) is 0 Å². The Morgan fingerprint density at radius 2 is 1.91 bits per heavy atom. The second-order valence-electron chi connectivity index (χ2n) is 4.50. The lowest BCUT2D eigenvalue weighted by molar-refractivity contribution is -0.128. The molecule has 3 N–H and O–H groups in total. The molecule has 22 heavy (non-hydrogen) atoms. The molecule has 0 aromatic heterocycles. The fourth-order valence-corrected chi connectivity index (χ4v) is 1.60. The van der Waals surface area contributed by atoms with Crippen LogP contribution in [0.15, 0.2) is 23.2 Å². The van der Waals surface area contributed by atoms with Gasteiger partial charge in [-0.2, -0.15) is 0 Å². The Hall–Kier alpha value is -1.71. The van der Waals surface area contributed by atoms with E-state index in [-0.39, 0.29) is 35.8 Å². The molecule has 0 atom stereocenters. The molecule has 0 aliphatic rings. The first-order valence-corrected chi connectivity index (χ1v) is 6.47. The number of nitrogens with one attached hydrogen (secondary N) is 1. The van der Waals surface area contributed by atoms with Crippen molar-refractivity contribution in [3.8, 4) is 11.5 Å². The molecule has 0 bridgehead atoms. The molecule has 1 aromatic rings. The van der Waals surface area contributed by atoms with E-state index < -0.39 is 0 Å². The van der Waals surface area contributed by atoms with Gasteiger partial charge in [0.15, 0.2) is 17.5 Å². The third-order valence-electron chi connectivity index (χ3n) is 2.76. The summed E-state index contributed by atoms with van der Waals surface area (Å²) >= 11 is 0. The van der Waals surface area contributed by atoms with Gasteiger partial charge in [0.25, 0.3) is 0 Å². The maximum Gasteiger partial charge on any atom is 0.223 e. The highest BCUT2D eigenvalue weighted by Crippen LogP contribution is 2.29. The molecule has 0 heterocycles. The largest absolute Gasteiger partial charge is 0.493 e. The summed E-state index contributed by atoms with van der Waals surface area (Å²) in [7, 11) is 6.54. The van der Waals surface area contributed by atoms with Gasteiger partial charge in [0, 0.05) is 32.3 Å². The number of hydrogen-bond acceptors (Lipinski definition) is 4. The molecule has 0 aliphatic carbocycles. The third-order valence-corrected chi connectivity index (χ3v) is 2.76. The zero-order valence-corrected chi connectivity index (χ0v) is 15.6. The predicted molar refractivity (Wildman–Crippen MR) is 98.4 cm³/mol. The Morgan fingerprint density at radius 3 is 2.45 bits per heavy atom. The summed E-state index contributed by atoms with van der Waals surface area (Å²) in [5.41, 5.74) is 6.50. The van der Waals surface area contributed by atoms with Crippen molar-refractivity contribution in [1.82, 2.24) is 4.90 Å². The minimum absolute atomic E-state index is 0. The maximum absolute atomic E-state index is 11.4. The van der Waals surface area contributed by atoms with Crippen molar-refractivity contribution < 1.29 is 14.3 Å². The number of guanidine groups is 1. The number of ether oxygens (including phenoxy) is 2. The molecule has 7 nitrogen and oxygen atoms in total. The Labute approximate surface area is 147 Å². The van der Waals surface area contributed by atoms with E-state index in [9.17, 15) is 4.79 Å². The van der Waals surface area contributed by atoms with E-state index in [1.54, 1.807) is 46.5 Å². The average Bonchev–Trinajstić information content (AvgIpc) is 2.46. The van der Waals surface area contributed by atoms with Crippen LogP contribution in [0.4, 0.5) is 5.69 Å². The Bertz CT molecular complexity index is 521. The Morgan fingerprint density at radius 1 is 1.27 bits per heavy atom. The van der Waals surface area contributed by atoms with Gasteiger partial charge in [-0.05, 0) is 12.1 Å². The van der Waals surface area contributed by atoms with E-state index >= 15 is 0 Å². The van der Waals surface area contributed by atoms with Gasteiger partial charge >= 0.3 is 0 Å². The summed E-state index contributed by atoms with van der Waals surface area (Å²) in [6, 6.07) is 5.32. The summed E-state index contributed by atoms with van der Waals surface area (Å²) in [4.78, 5) is 17.0. The molecule has 0 aliphatic heterocycles. The van der Waals surface area contributed by atoms with Crippen LogP contribution in [-0.2, 0) is 4.79 Å². The van der Waals surface area contributed by atoms with Gasteiger partial charge in [0.05, 0.1) is 20.8 Å². The van der Waals surface area contributed by atoms with Gasteiger partial charge in [-0.25, -0.2) is 0 Å². The van der Waals surface area contributed by atoms with Gasteiger partial charge in [-0.15, -0.1) is 24.0 Å². The molecule has 0 saturated carbocycles. The van der Waals surface area contributed by atoms with Crippen LogP contribution >= 0.6 is 24.0 Å². The first-order valence-electron chi connectivity index (χ1n) is 6.47. The first kappa shape index (κ1) is 20.3. The highest BCUT2D eigenvalue weighted by atomic mass is 127. The van der Waals surface area contributed by atoms with Gasteiger partial charge in [0.1, 0.15) is 0 Å². The minimum Gasteiger partial charge on any atom is -0.493 e. The maximum atomic E-state index is 11.4. The zero-order valence-electron chi connectivity index (χ0n) is 13.3. The number of amides is 1. The van der Waals surface area contributed by atoms with Gasteiger partial charge in [-0.1, -0.05) is 0 Å². The number of nitrogens with zero attached hydrogens (tertiary/aromatic N) is 2. The van der Waals surface area contributed by atoms with Crippen molar-refractivity contribution in [2.45, 2.75) is 6.42 Å². The summed E-state index contributed by atoms with van der Waals surface area (Å²) in [6.45, 7) is 0.336.